The molecule has 1 rings (SSSR count). The zero-order valence-electron chi connectivity index (χ0n) is 14.4. The molecule has 0 unspecified atom stereocenters. The smallest absolute Gasteiger partial charge is 0.0593 e. The van der Waals surface area contributed by atoms with E-state index in [1.807, 2.05) is 27.7 Å². The second kappa shape index (κ2) is 17.9. The standard InChI is InChI=1S/C12H26N2O.2C2H6/c1-3-5-13-6-8-14(9-7-13)10-12-15-11-4-2;2*1-2/h3-12H2,1-2H3;2*1-2H3. The zero-order valence-corrected chi connectivity index (χ0v) is 14.4. The minimum absolute atomic E-state index is 0.904. The maximum absolute atomic E-state index is 5.50. The zero-order chi connectivity index (χ0) is 14.9. The fourth-order valence-corrected chi connectivity index (χ4v) is 1.99. The van der Waals surface area contributed by atoms with E-state index in [1.54, 1.807) is 0 Å². The maximum atomic E-state index is 5.50. The molecule has 0 atom stereocenters. The Balaban J connectivity index is 0. The Morgan fingerprint density at radius 1 is 0.684 bits per heavy atom. The Morgan fingerprint density at radius 3 is 1.58 bits per heavy atom. The molecule has 3 nitrogen and oxygen atoms in total. The third-order valence-corrected chi connectivity index (χ3v) is 2.91. The van der Waals surface area contributed by atoms with Gasteiger partial charge in [-0.2, -0.15) is 0 Å². The molecule has 0 aromatic carbocycles. The third kappa shape index (κ3) is 12.6. The Hall–Kier alpha value is -0.120. The van der Waals surface area contributed by atoms with E-state index >= 15 is 0 Å². The van der Waals surface area contributed by atoms with Gasteiger partial charge in [0.25, 0.3) is 0 Å². The number of piperazine rings is 1. The molecule has 0 saturated carbocycles. The van der Waals surface area contributed by atoms with Crippen molar-refractivity contribution in [1.29, 1.82) is 0 Å². The van der Waals surface area contributed by atoms with E-state index in [1.165, 1.54) is 39.1 Å². The van der Waals surface area contributed by atoms with Gasteiger partial charge in [0.2, 0.25) is 0 Å². The van der Waals surface area contributed by atoms with Gasteiger partial charge < -0.3 is 9.64 Å². The van der Waals surface area contributed by atoms with Crippen LogP contribution >= 0.6 is 0 Å². The molecule has 1 fully saturated rings. The molecule has 1 heterocycles. The fourth-order valence-electron chi connectivity index (χ4n) is 1.99. The molecule has 0 radical (unpaired) electrons. The van der Waals surface area contributed by atoms with Gasteiger partial charge in [0, 0.05) is 39.3 Å². The van der Waals surface area contributed by atoms with Crippen LogP contribution < -0.4 is 0 Å². The van der Waals surface area contributed by atoms with Crippen molar-refractivity contribution in [3.8, 4) is 0 Å². The molecule has 19 heavy (non-hydrogen) atoms. The van der Waals surface area contributed by atoms with Gasteiger partial charge in [-0.1, -0.05) is 41.5 Å². The lowest BCUT2D eigenvalue weighted by atomic mass is 10.3. The van der Waals surface area contributed by atoms with Gasteiger partial charge in [-0.05, 0) is 19.4 Å². The van der Waals surface area contributed by atoms with Crippen LogP contribution in [0.1, 0.15) is 54.4 Å². The van der Waals surface area contributed by atoms with Crippen LogP contribution in [0.3, 0.4) is 0 Å². The summed E-state index contributed by atoms with van der Waals surface area (Å²) in [7, 11) is 0. The minimum Gasteiger partial charge on any atom is -0.380 e. The predicted octanol–water partition coefficient (Wildman–Crippen LogP) is 3.49. The first-order valence-electron chi connectivity index (χ1n) is 8.39. The van der Waals surface area contributed by atoms with E-state index in [2.05, 4.69) is 23.6 Å². The van der Waals surface area contributed by atoms with Crippen LogP contribution in [0, 0.1) is 0 Å². The first kappa shape index (κ1) is 21.2. The van der Waals surface area contributed by atoms with Crippen molar-refractivity contribution in [2.75, 3.05) is 52.5 Å². The van der Waals surface area contributed by atoms with Crippen LogP contribution in [-0.4, -0.2) is 62.3 Å². The van der Waals surface area contributed by atoms with E-state index in [9.17, 15) is 0 Å². The van der Waals surface area contributed by atoms with Gasteiger partial charge in [0.15, 0.2) is 0 Å². The molecule has 0 aromatic heterocycles. The van der Waals surface area contributed by atoms with E-state index in [4.69, 9.17) is 4.74 Å². The van der Waals surface area contributed by atoms with E-state index in [0.29, 0.717) is 0 Å². The molecule has 0 spiro atoms. The maximum Gasteiger partial charge on any atom is 0.0593 e. The predicted molar refractivity (Wildman–Crippen MR) is 87.0 cm³/mol. The SMILES string of the molecule is CC.CC.CCCOCCN1CCN(CCC)CC1. The van der Waals surface area contributed by atoms with E-state index < -0.39 is 0 Å². The molecule has 0 aliphatic carbocycles. The van der Waals surface area contributed by atoms with Crippen LogP contribution in [0.4, 0.5) is 0 Å². The van der Waals surface area contributed by atoms with Gasteiger partial charge in [0.1, 0.15) is 0 Å². The van der Waals surface area contributed by atoms with Crippen LogP contribution in [0.2, 0.25) is 0 Å². The molecular weight excluding hydrogens is 236 g/mol. The van der Waals surface area contributed by atoms with Gasteiger partial charge in [0.05, 0.1) is 6.61 Å². The van der Waals surface area contributed by atoms with E-state index in [-0.39, 0.29) is 0 Å². The normalized spacial score (nSPS) is 16.1. The summed E-state index contributed by atoms with van der Waals surface area (Å²) in [6.45, 7) is 21.5. The lowest BCUT2D eigenvalue weighted by Crippen LogP contribution is -2.47. The second-order valence-corrected chi connectivity index (χ2v) is 4.30. The van der Waals surface area contributed by atoms with Gasteiger partial charge in [-0.25, -0.2) is 0 Å². The highest BCUT2D eigenvalue weighted by atomic mass is 16.5. The average molecular weight is 274 g/mol. The first-order chi connectivity index (χ1) is 9.36. The van der Waals surface area contributed by atoms with Gasteiger partial charge in [-0.15, -0.1) is 0 Å². The van der Waals surface area contributed by atoms with Crippen molar-refractivity contribution >= 4 is 0 Å². The summed E-state index contributed by atoms with van der Waals surface area (Å²) in [6.07, 6.45) is 2.41. The number of hydrogen-bond donors (Lipinski definition) is 0. The Labute approximate surface area is 122 Å². The molecule has 3 heteroatoms. The largest absolute Gasteiger partial charge is 0.380 e. The quantitative estimate of drug-likeness (QED) is 0.661. The Kier molecular flexibility index (Phi) is 19.9. The van der Waals surface area contributed by atoms with E-state index in [0.717, 1.165) is 26.2 Å². The van der Waals surface area contributed by atoms with Crippen molar-refractivity contribution in [2.24, 2.45) is 0 Å². The Morgan fingerprint density at radius 2 is 1.16 bits per heavy atom. The van der Waals surface area contributed by atoms with Crippen LogP contribution in [-0.2, 0) is 4.74 Å². The molecule has 0 aromatic rings. The summed E-state index contributed by atoms with van der Waals surface area (Å²) in [5.41, 5.74) is 0. The van der Waals surface area contributed by atoms with Crippen LogP contribution in [0.15, 0.2) is 0 Å². The summed E-state index contributed by atoms with van der Waals surface area (Å²) < 4.78 is 5.50. The molecule has 1 aliphatic rings. The molecule has 1 saturated heterocycles. The minimum atomic E-state index is 0.904. The third-order valence-electron chi connectivity index (χ3n) is 2.91. The molecule has 118 valence electrons. The molecule has 0 N–H and O–H groups in total. The summed E-state index contributed by atoms with van der Waals surface area (Å²) >= 11 is 0. The number of ether oxygens (including phenoxy) is 1. The van der Waals surface area contributed by atoms with Crippen molar-refractivity contribution in [1.82, 2.24) is 9.80 Å². The summed E-state index contributed by atoms with van der Waals surface area (Å²) in [5.74, 6) is 0. The fraction of sp³-hybridized carbons (Fsp3) is 1.00. The molecule has 1 aliphatic heterocycles. The molecule has 0 amide bonds. The molecule has 0 bridgehead atoms. The monoisotopic (exact) mass is 274 g/mol. The molecular formula is C16H38N2O. The highest BCUT2D eigenvalue weighted by Crippen LogP contribution is 2.01. The highest BCUT2D eigenvalue weighted by molar-refractivity contribution is 4.71. The topological polar surface area (TPSA) is 15.7 Å². The summed E-state index contributed by atoms with van der Waals surface area (Å²) in [5, 5.41) is 0. The van der Waals surface area contributed by atoms with Crippen LogP contribution in [0.25, 0.3) is 0 Å². The van der Waals surface area contributed by atoms with Crippen molar-refractivity contribution in [2.45, 2.75) is 54.4 Å². The lowest BCUT2D eigenvalue weighted by Gasteiger charge is -2.34. The average Bonchev–Trinajstić information content (AvgIpc) is 2.50. The first-order valence-corrected chi connectivity index (χ1v) is 8.39. The van der Waals surface area contributed by atoms with Crippen molar-refractivity contribution in [3.63, 3.8) is 0 Å². The second-order valence-electron chi connectivity index (χ2n) is 4.30. The highest BCUT2D eigenvalue weighted by Gasteiger charge is 2.15. The van der Waals surface area contributed by atoms with Crippen LogP contribution in [0.5, 0.6) is 0 Å². The lowest BCUT2D eigenvalue weighted by molar-refractivity contribution is 0.0759. The summed E-state index contributed by atoms with van der Waals surface area (Å²) in [6, 6.07) is 0. The van der Waals surface area contributed by atoms with Crippen molar-refractivity contribution in [3.05, 3.63) is 0 Å². The summed E-state index contributed by atoms with van der Waals surface area (Å²) in [4.78, 5) is 5.07. The number of hydrogen-bond acceptors (Lipinski definition) is 3. The van der Waals surface area contributed by atoms with Gasteiger partial charge >= 0.3 is 0 Å². The number of nitrogens with zero attached hydrogens (tertiary/aromatic N) is 2. The van der Waals surface area contributed by atoms with Crippen molar-refractivity contribution < 1.29 is 4.74 Å². The van der Waals surface area contributed by atoms with Gasteiger partial charge in [-0.3, -0.25) is 4.90 Å². The number of rotatable bonds is 7. The Bertz CT molecular complexity index is 143.